The molecule has 1 aliphatic rings. The van der Waals surface area contributed by atoms with Crippen LogP contribution in [-0.4, -0.2) is 63.9 Å². The Labute approximate surface area is 173 Å². The summed E-state index contributed by atoms with van der Waals surface area (Å²) in [6.45, 7) is 8.53. The molecule has 1 fully saturated rings. The molecule has 2 aromatic carbocycles. The van der Waals surface area contributed by atoms with Gasteiger partial charge in [-0.25, -0.2) is 0 Å². The zero-order valence-corrected chi connectivity index (χ0v) is 17.9. The lowest BCUT2D eigenvalue weighted by Crippen LogP contribution is -2.45. The SMILES string of the molecule is CCOc1ccccc1CN1CCN(Cc2ccc(OC)c(OC)c2OC)CC1. The van der Waals surface area contributed by atoms with Gasteiger partial charge < -0.3 is 18.9 Å². The Hall–Kier alpha value is -2.44. The molecule has 0 N–H and O–H groups in total. The van der Waals surface area contributed by atoms with E-state index in [1.165, 1.54) is 5.56 Å². The van der Waals surface area contributed by atoms with Crippen LogP contribution in [0.1, 0.15) is 18.1 Å². The zero-order chi connectivity index (χ0) is 20.6. The molecule has 158 valence electrons. The smallest absolute Gasteiger partial charge is 0.203 e. The maximum absolute atomic E-state index is 5.77. The normalized spacial score (nSPS) is 15.2. The van der Waals surface area contributed by atoms with E-state index >= 15 is 0 Å². The summed E-state index contributed by atoms with van der Waals surface area (Å²) >= 11 is 0. The molecular formula is C23H32N2O4. The fourth-order valence-corrected chi connectivity index (χ4v) is 3.81. The molecule has 0 saturated carbocycles. The van der Waals surface area contributed by atoms with Gasteiger partial charge in [-0.15, -0.1) is 0 Å². The molecule has 6 heteroatoms. The predicted molar refractivity (Wildman–Crippen MR) is 114 cm³/mol. The monoisotopic (exact) mass is 400 g/mol. The summed E-state index contributed by atoms with van der Waals surface area (Å²) in [6, 6.07) is 12.3. The highest BCUT2D eigenvalue weighted by atomic mass is 16.5. The molecule has 0 aliphatic carbocycles. The number of piperazine rings is 1. The van der Waals surface area contributed by atoms with Crippen LogP contribution >= 0.6 is 0 Å². The van der Waals surface area contributed by atoms with Crippen molar-refractivity contribution in [3.63, 3.8) is 0 Å². The molecule has 6 nitrogen and oxygen atoms in total. The van der Waals surface area contributed by atoms with Crippen LogP contribution in [0, 0.1) is 0 Å². The Morgan fingerprint density at radius 2 is 1.31 bits per heavy atom. The van der Waals surface area contributed by atoms with Gasteiger partial charge in [-0.05, 0) is 19.1 Å². The number of rotatable bonds is 9. The van der Waals surface area contributed by atoms with E-state index in [1.807, 2.05) is 19.1 Å². The van der Waals surface area contributed by atoms with E-state index in [9.17, 15) is 0 Å². The first-order chi connectivity index (χ1) is 14.2. The van der Waals surface area contributed by atoms with Crippen molar-refractivity contribution in [2.75, 3.05) is 54.1 Å². The molecule has 0 aromatic heterocycles. The first kappa shape index (κ1) is 21.3. The van der Waals surface area contributed by atoms with Crippen molar-refractivity contribution in [2.24, 2.45) is 0 Å². The third-order valence-electron chi connectivity index (χ3n) is 5.31. The molecule has 3 rings (SSSR count). The van der Waals surface area contributed by atoms with Crippen LogP contribution < -0.4 is 18.9 Å². The molecule has 1 heterocycles. The lowest BCUT2D eigenvalue weighted by Gasteiger charge is -2.35. The van der Waals surface area contributed by atoms with E-state index < -0.39 is 0 Å². The van der Waals surface area contributed by atoms with Crippen molar-refractivity contribution in [2.45, 2.75) is 20.0 Å². The second-order valence-electron chi connectivity index (χ2n) is 7.09. The second-order valence-corrected chi connectivity index (χ2v) is 7.09. The summed E-state index contributed by atoms with van der Waals surface area (Å²) in [7, 11) is 4.96. The van der Waals surface area contributed by atoms with Crippen molar-refractivity contribution < 1.29 is 18.9 Å². The van der Waals surface area contributed by atoms with E-state index in [4.69, 9.17) is 18.9 Å². The van der Waals surface area contributed by atoms with Gasteiger partial charge in [-0.2, -0.15) is 0 Å². The van der Waals surface area contributed by atoms with Gasteiger partial charge in [0.25, 0.3) is 0 Å². The second kappa shape index (κ2) is 10.4. The predicted octanol–water partition coefficient (Wildman–Crippen LogP) is 3.43. The molecule has 1 saturated heterocycles. The molecule has 0 atom stereocenters. The number of para-hydroxylation sites is 1. The van der Waals surface area contributed by atoms with Crippen LogP contribution in [0.3, 0.4) is 0 Å². The van der Waals surface area contributed by atoms with Gasteiger partial charge in [0, 0.05) is 50.4 Å². The van der Waals surface area contributed by atoms with Gasteiger partial charge in [-0.3, -0.25) is 9.80 Å². The standard InChI is InChI=1S/C23H32N2O4/c1-5-29-20-9-7-6-8-18(20)16-24-12-14-25(15-13-24)17-19-10-11-21(26-2)23(28-4)22(19)27-3/h6-11H,5,12-17H2,1-4H3. The summed E-state index contributed by atoms with van der Waals surface area (Å²) < 4.78 is 22.3. The molecule has 0 unspecified atom stereocenters. The average molecular weight is 401 g/mol. The minimum atomic E-state index is 0.652. The van der Waals surface area contributed by atoms with Gasteiger partial charge in [0.05, 0.1) is 27.9 Å². The Balaban J connectivity index is 1.61. The van der Waals surface area contributed by atoms with E-state index in [0.717, 1.165) is 56.3 Å². The van der Waals surface area contributed by atoms with Crippen molar-refractivity contribution >= 4 is 0 Å². The van der Waals surface area contributed by atoms with Crippen molar-refractivity contribution in [1.29, 1.82) is 0 Å². The Morgan fingerprint density at radius 3 is 1.90 bits per heavy atom. The highest BCUT2D eigenvalue weighted by Gasteiger charge is 2.22. The first-order valence-corrected chi connectivity index (χ1v) is 10.1. The fraction of sp³-hybridized carbons (Fsp3) is 0.478. The molecule has 0 amide bonds. The van der Waals surface area contributed by atoms with Crippen LogP contribution in [0.2, 0.25) is 0 Å². The van der Waals surface area contributed by atoms with Gasteiger partial charge in [0.15, 0.2) is 11.5 Å². The lowest BCUT2D eigenvalue weighted by atomic mass is 10.1. The van der Waals surface area contributed by atoms with Crippen LogP contribution in [0.5, 0.6) is 23.0 Å². The van der Waals surface area contributed by atoms with Crippen LogP contribution in [0.25, 0.3) is 0 Å². The third-order valence-corrected chi connectivity index (χ3v) is 5.31. The van der Waals surface area contributed by atoms with Crippen molar-refractivity contribution in [3.05, 3.63) is 47.5 Å². The van der Waals surface area contributed by atoms with Crippen molar-refractivity contribution in [1.82, 2.24) is 9.80 Å². The van der Waals surface area contributed by atoms with E-state index in [2.05, 4.69) is 34.1 Å². The summed E-state index contributed by atoms with van der Waals surface area (Å²) in [5.41, 5.74) is 2.37. The highest BCUT2D eigenvalue weighted by molar-refractivity contribution is 5.55. The van der Waals surface area contributed by atoms with Gasteiger partial charge in [-0.1, -0.05) is 24.3 Å². The number of ether oxygens (including phenoxy) is 4. The largest absolute Gasteiger partial charge is 0.494 e. The molecule has 0 radical (unpaired) electrons. The minimum Gasteiger partial charge on any atom is -0.494 e. The number of methoxy groups -OCH3 is 3. The van der Waals surface area contributed by atoms with Crippen LogP contribution in [-0.2, 0) is 13.1 Å². The summed E-state index contributed by atoms with van der Waals surface area (Å²) in [5, 5.41) is 0. The Bertz CT molecular complexity index is 788. The fourth-order valence-electron chi connectivity index (χ4n) is 3.81. The molecule has 2 aromatic rings. The number of hydrogen-bond donors (Lipinski definition) is 0. The maximum Gasteiger partial charge on any atom is 0.203 e. The molecule has 0 bridgehead atoms. The summed E-state index contributed by atoms with van der Waals surface area (Å²) in [4.78, 5) is 4.94. The summed E-state index contributed by atoms with van der Waals surface area (Å²) in [5.74, 6) is 3.08. The van der Waals surface area contributed by atoms with E-state index in [1.54, 1.807) is 21.3 Å². The number of hydrogen-bond acceptors (Lipinski definition) is 6. The van der Waals surface area contributed by atoms with Crippen LogP contribution in [0.4, 0.5) is 0 Å². The van der Waals surface area contributed by atoms with Gasteiger partial charge in [0.2, 0.25) is 5.75 Å². The maximum atomic E-state index is 5.77. The number of benzene rings is 2. The van der Waals surface area contributed by atoms with Gasteiger partial charge in [0.1, 0.15) is 5.75 Å². The van der Waals surface area contributed by atoms with Crippen LogP contribution in [0.15, 0.2) is 36.4 Å². The molecular weight excluding hydrogens is 368 g/mol. The third kappa shape index (κ3) is 5.14. The van der Waals surface area contributed by atoms with Crippen molar-refractivity contribution in [3.8, 4) is 23.0 Å². The topological polar surface area (TPSA) is 43.4 Å². The Morgan fingerprint density at radius 1 is 0.690 bits per heavy atom. The Kier molecular flexibility index (Phi) is 7.61. The molecule has 0 spiro atoms. The summed E-state index contributed by atoms with van der Waals surface area (Å²) in [6.07, 6.45) is 0. The molecule has 1 aliphatic heterocycles. The van der Waals surface area contributed by atoms with E-state index in [-0.39, 0.29) is 0 Å². The highest BCUT2D eigenvalue weighted by Crippen LogP contribution is 2.40. The average Bonchev–Trinajstić information content (AvgIpc) is 2.76. The van der Waals surface area contributed by atoms with E-state index in [0.29, 0.717) is 18.1 Å². The lowest BCUT2D eigenvalue weighted by molar-refractivity contribution is 0.120. The first-order valence-electron chi connectivity index (χ1n) is 10.1. The minimum absolute atomic E-state index is 0.652. The van der Waals surface area contributed by atoms with Gasteiger partial charge >= 0.3 is 0 Å². The zero-order valence-electron chi connectivity index (χ0n) is 17.9. The number of nitrogens with zero attached hydrogens (tertiary/aromatic N) is 2. The molecule has 29 heavy (non-hydrogen) atoms. The quantitative estimate of drug-likeness (QED) is 0.643.